The normalized spacial score (nSPS) is 24.6. The van der Waals surface area contributed by atoms with Gasteiger partial charge in [-0.25, -0.2) is 0 Å². The Bertz CT molecular complexity index is 381. The summed E-state index contributed by atoms with van der Waals surface area (Å²) in [6.07, 6.45) is 4.17. The van der Waals surface area contributed by atoms with Crippen molar-refractivity contribution >= 4 is 0 Å². The van der Waals surface area contributed by atoms with Gasteiger partial charge >= 0.3 is 0 Å². The minimum absolute atomic E-state index is 0.858. The van der Waals surface area contributed by atoms with Crippen molar-refractivity contribution in [2.24, 2.45) is 5.92 Å². The number of benzene rings is 1. The molecule has 2 aliphatic rings. The van der Waals surface area contributed by atoms with Crippen LogP contribution in [0, 0.1) is 12.8 Å². The third kappa shape index (κ3) is 3.33. The highest BCUT2D eigenvalue weighted by Gasteiger charge is 2.26. The van der Waals surface area contributed by atoms with Crippen molar-refractivity contribution in [2.45, 2.75) is 38.8 Å². The van der Waals surface area contributed by atoms with Gasteiger partial charge in [0, 0.05) is 19.1 Å². The molecule has 0 amide bonds. The number of hydrogen-bond donors (Lipinski definition) is 1. The van der Waals surface area contributed by atoms with Crippen LogP contribution < -0.4 is 5.32 Å². The fraction of sp³-hybridized carbons (Fsp3) is 0.625. The molecule has 0 radical (unpaired) electrons. The predicted molar refractivity (Wildman–Crippen MR) is 75.6 cm³/mol. The Hall–Kier alpha value is -0.860. The quantitative estimate of drug-likeness (QED) is 0.856. The van der Waals surface area contributed by atoms with Gasteiger partial charge in [-0.3, -0.25) is 4.90 Å². The minimum atomic E-state index is 0.858. The molecule has 1 aromatic carbocycles. The first kappa shape index (κ1) is 12.2. The molecule has 0 bridgehead atoms. The van der Waals surface area contributed by atoms with Gasteiger partial charge in [-0.1, -0.05) is 29.8 Å². The summed E-state index contributed by atoms with van der Waals surface area (Å²) in [6, 6.07) is 9.84. The summed E-state index contributed by atoms with van der Waals surface area (Å²) < 4.78 is 0. The third-order valence-corrected chi connectivity index (χ3v) is 4.17. The van der Waals surface area contributed by atoms with E-state index in [0.29, 0.717) is 0 Å². The third-order valence-electron chi connectivity index (χ3n) is 4.17. The number of aryl methyl sites for hydroxylation is 1. The highest BCUT2D eigenvalue weighted by molar-refractivity contribution is 5.21. The van der Waals surface area contributed by atoms with Gasteiger partial charge in [0.05, 0.1) is 0 Å². The van der Waals surface area contributed by atoms with Crippen LogP contribution in [0.3, 0.4) is 0 Å². The first-order valence-electron chi connectivity index (χ1n) is 7.31. The summed E-state index contributed by atoms with van der Waals surface area (Å²) in [4.78, 5) is 2.60. The van der Waals surface area contributed by atoms with Gasteiger partial charge in [-0.15, -0.1) is 0 Å². The molecule has 1 aliphatic carbocycles. The van der Waals surface area contributed by atoms with Crippen LogP contribution in [0.4, 0.5) is 0 Å². The minimum Gasteiger partial charge on any atom is -0.314 e. The molecule has 98 valence electrons. The molecule has 2 heteroatoms. The van der Waals surface area contributed by atoms with Crippen LogP contribution >= 0.6 is 0 Å². The lowest BCUT2D eigenvalue weighted by Gasteiger charge is -2.16. The number of nitrogens with zero attached hydrogens (tertiary/aromatic N) is 1. The predicted octanol–water partition coefficient (Wildman–Crippen LogP) is 2.57. The smallest absolute Gasteiger partial charge is 0.0233 e. The summed E-state index contributed by atoms with van der Waals surface area (Å²) >= 11 is 0. The van der Waals surface area contributed by atoms with Crippen molar-refractivity contribution in [2.75, 3.05) is 19.6 Å². The van der Waals surface area contributed by atoms with Crippen molar-refractivity contribution in [1.82, 2.24) is 10.2 Å². The van der Waals surface area contributed by atoms with E-state index < -0.39 is 0 Å². The van der Waals surface area contributed by atoms with E-state index in [1.54, 1.807) is 0 Å². The number of nitrogens with one attached hydrogen (secondary N) is 1. The Labute approximate surface area is 110 Å². The second-order valence-electron chi connectivity index (χ2n) is 6.06. The molecular weight excluding hydrogens is 220 g/mol. The molecule has 1 saturated carbocycles. The summed E-state index contributed by atoms with van der Waals surface area (Å²) in [5.74, 6) is 0.871. The van der Waals surface area contributed by atoms with E-state index >= 15 is 0 Å². The van der Waals surface area contributed by atoms with Gasteiger partial charge in [-0.05, 0) is 50.8 Å². The fourth-order valence-corrected chi connectivity index (χ4v) is 2.80. The average molecular weight is 244 g/mol. The summed E-state index contributed by atoms with van der Waals surface area (Å²) in [5, 5.41) is 3.66. The lowest BCUT2D eigenvalue weighted by Crippen LogP contribution is -2.27. The van der Waals surface area contributed by atoms with Crippen LogP contribution in [0.5, 0.6) is 0 Å². The van der Waals surface area contributed by atoms with Crippen LogP contribution in [0.25, 0.3) is 0 Å². The van der Waals surface area contributed by atoms with E-state index in [-0.39, 0.29) is 0 Å². The molecule has 1 unspecified atom stereocenters. The lowest BCUT2D eigenvalue weighted by molar-refractivity contribution is 0.314. The highest BCUT2D eigenvalue weighted by Crippen LogP contribution is 2.22. The van der Waals surface area contributed by atoms with Crippen molar-refractivity contribution in [1.29, 1.82) is 0 Å². The topological polar surface area (TPSA) is 15.3 Å². The Morgan fingerprint density at radius 1 is 1.17 bits per heavy atom. The van der Waals surface area contributed by atoms with Gasteiger partial charge in [-0.2, -0.15) is 0 Å². The maximum Gasteiger partial charge on any atom is 0.0233 e. The zero-order chi connectivity index (χ0) is 12.4. The number of likely N-dealkylation sites (tertiary alicyclic amines) is 1. The van der Waals surface area contributed by atoms with E-state index in [1.807, 2.05) is 0 Å². The molecule has 0 spiro atoms. The Morgan fingerprint density at radius 3 is 2.67 bits per heavy atom. The second kappa shape index (κ2) is 5.41. The largest absolute Gasteiger partial charge is 0.314 e. The SMILES string of the molecule is Cc1ccc(CN2CCC(CNC3CC3)C2)cc1. The van der Waals surface area contributed by atoms with Crippen LogP contribution in [-0.4, -0.2) is 30.6 Å². The van der Waals surface area contributed by atoms with Crippen molar-refractivity contribution in [3.8, 4) is 0 Å². The molecule has 3 rings (SSSR count). The summed E-state index contributed by atoms with van der Waals surface area (Å²) in [6.45, 7) is 7.05. The molecular formula is C16H24N2. The number of rotatable bonds is 5. The Balaban J connectivity index is 1.44. The first-order valence-corrected chi connectivity index (χ1v) is 7.31. The zero-order valence-electron chi connectivity index (χ0n) is 11.4. The Morgan fingerprint density at radius 2 is 1.94 bits per heavy atom. The second-order valence-corrected chi connectivity index (χ2v) is 6.06. The zero-order valence-corrected chi connectivity index (χ0v) is 11.4. The molecule has 1 saturated heterocycles. The Kier molecular flexibility index (Phi) is 3.67. The molecule has 1 atom stereocenters. The van der Waals surface area contributed by atoms with Crippen molar-refractivity contribution in [3.05, 3.63) is 35.4 Å². The maximum atomic E-state index is 3.66. The van der Waals surface area contributed by atoms with Crippen LogP contribution in [0.2, 0.25) is 0 Å². The molecule has 0 aromatic heterocycles. The van der Waals surface area contributed by atoms with E-state index in [1.165, 1.54) is 50.0 Å². The van der Waals surface area contributed by atoms with Gasteiger partial charge in [0.1, 0.15) is 0 Å². The summed E-state index contributed by atoms with van der Waals surface area (Å²) in [7, 11) is 0. The maximum absolute atomic E-state index is 3.66. The van der Waals surface area contributed by atoms with Gasteiger partial charge < -0.3 is 5.32 Å². The van der Waals surface area contributed by atoms with Gasteiger partial charge in [0.15, 0.2) is 0 Å². The monoisotopic (exact) mass is 244 g/mol. The van der Waals surface area contributed by atoms with Crippen molar-refractivity contribution < 1.29 is 0 Å². The van der Waals surface area contributed by atoms with Crippen LogP contribution in [0.1, 0.15) is 30.4 Å². The molecule has 1 aromatic rings. The molecule has 18 heavy (non-hydrogen) atoms. The van der Waals surface area contributed by atoms with Gasteiger partial charge in [0.2, 0.25) is 0 Å². The average Bonchev–Trinajstić information content (AvgIpc) is 3.10. The van der Waals surface area contributed by atoms with E-state index in [9.17, 15) is 0 Å². The number of hydrogen-bond acceptors (Lipinski definition) is 2. The van der Waals surface area contributed by atoms with Crippen LogP contribution in [0.15, 0.2) is 24.3 Å². The van der Waals surface area contributed by atoms with E-state index in [2.05, 4.69) is 41.4 Å². The molecule has 1 N–H and O–H groups in total. The van der Waals surface area contributed by atoms with E-state index in [4.69, 9.17) is 0 Å². The van der Waals surface area contributed by atoms with Gasteiger partial charge in [0.25, 0.3) is 0 Å². The van der Waals surface area contributed by atoms with Crippen LogP contribution in [-0.2, 0) is 6.54 Å². The molecule has 2 nitrogen and oxygen atoms in total. The highest BCUT2D eigenvalue weighted by atomic mass is 15.1. The summed E-state index contributed by atoms with van der Waals surface area (Å²) in [5.41, 5.74) is 2.81. The molecule has 1 aliphatic heterocycles. The fourth-order valence-electron chi connectivity index (χ4n) is 2.80. The first-order chi connectivity index (χ1) is 8.79. The van der Waals surface area contributed by atoms with Crippen molar-refractivity contribution in [3.63, 3.8) is 0 Å². The standard InChI is InChI=1S/C16H24N2/c1-13-2-4-14(5-3-13)11-18-9-8-15(12-18)10-17-16-6-7-16/h2-5,15-17H,6-12H2,1H3. The van der Waals surface area contributed by atoms with E-state index in [0.717, 1.165) is 18.5 Å². The lowest BCUT2D eigenvalue weighted by atomic mass is 10.1. The molecule has 1 heterocycles. The molecule has 2 fully saturated rings.